The van der Waals surface area contributed by atoms with Gasteiger partial charge in [0.1, 0.15) is 34.5 Å². The minimum atomic E-state index is -2.03. The van der Waals surface area contributed by atoms with Crippen LogP contribution in [-0.4, -0.2) is 4.21 Å². The molecule has 8 heteroatoms. The first-order chi connectivity index (χ1) is 15.5. The Morgan fingerprint density at radius 2 is 0.875 bits per heavy atom. The standard InChI is InChI=1S/C24H20N2O5S/c25-17-3-1-5-23(15-17)28-19-7-11-21(12-8-19)30-32(27)31-22-13-9-20(10-14-22)29-24-6-2-4-18(26)16-24/h1-16H,25-26H2. The summed E-state index contributed by atoms with van der Waals surface area (Å²) in [6, 6.07) is 27.5. The molecule has 0 aromatic heterocycles. The summed E-state index contributed by atoms with van der Waals surface area (Å²) >= 11 is -2.03. The Hall–Kier alpha value is -4.17. The Morgan fingerprint density at radius 3 is 1.25 bits per heavy atom. The highest BCUT2D eigenvalue weighted by molar-refractivity contribution is 7.75. The molecular weight excluding hydrogens is 428 g/mol. The van der Waals surface area contributed by atoms with Gasteiger partial charge < -0.3 is 29.3 Å². The summed E-state index contributed by atoms with van der Waals surface area (Å²) in [4.78, 5) is 0. The van der Waals surface area contributed by atoms with Crippen LogP contribution in [0, 0.1) is 0 Å². The molecule has 4 rings (SSSR count). The highest BCUT2D eigenvalue weighted by atomic mass is 32.2. The van der Waals surface area contributed by atoms with Gasteiger partial charge in [-0.1, -0.05) is 12.1 Å². The summed E-state index contributed by atoms with van der Waals surface area (Å²) in [5.74, 6) is 3.15. The highest BCUT2D eigenvalue weighted by Crippen LogP contribution is 2.27. The van der Waals surface area contributed by atoms with E-state index in [0.717, 1.165) is 0 Å². The first-order valence-electron chi connectivity index (χ1n) is 9.59. The molecule has 0 bridgehead atoms. The van der Waals surface area contributed by atoms with Crippen LogP contribution in [0.2, 0.25) is 0 Å². The van der Waals surface area contributed by atoms with Crippen LogP contribution in [0.15, 0.2) is 97.1 Å². The largest absolute Gasteiger partial charge is 0.457 e. The summed E-state index contributed by atoms with van der Waals surface area (Å²) in [5, 5.41) is 0. The maximum absolute atomic E-state index is 12.2. The maximum Gasteiger partial charge on any atom is 0.417 e. The van der Waals surface area contributed by atoms with Crippen molar-refractivity contribution in [2.75, 3.05) is 11.5 Å². The van der Waals surface area contributed by atoms with Crippen molar-refractivity contribution in [1.29, 1.82) is 0 Å². The third kappa shape index (κ3) is 5.93. The van der Waals surface area contributed by atoms with Crippen molar-refractivity contribution < 1.29 is 22.0 Å². The van der Waals surface area contributed by atoms with Gasteiger partial charge in [0.15, 0.2) is 0 Å². The van der Waals surface area contributed by atoms with Crippen molar-refractivity contribution in [1.82, 2.24) is 0 Å². The lowest BCUT2D eigenvalue weighted by molar-refractivity contribution is 0.456. The van der Waals surface area contributed by atoms with Crippen molar-refractivity contribution in [3.63, 3.8) is 0 Å². The van der Waals surface area contributed by atoms with E-state index >= 15 is 0 Å². The van der Waals surface area contributed by atoms with Crippen LogP contribution < -0.4 is 29.3 Å². The van der Waals surface area contributed by atoms with Crippen molar-refractivity contribution in [3.8, 4) is 34.5 Å². The van der Waals surface area contributed by atoms with E-state index in [2.05, 4.69) is 0 Å². The number of benzene rings is 4. The molecule has 162 valence electrons. The molecule has 0 aliphatic carbocycles. The van der Waals surface area contributed by atoms with Crippen LogP contribution >= 0.6 is 0 Å². The van der Waals surface area contributed by atoms with Crippen LogP contribution in [-0.2, 0) is 11.4 Å². The maximum atomic E-state index is 12.2. The van der Waals surface area contributed by atoms with E-state index in [0.29, 0.717) is 45.9 Å². The van der Waals surface area contributed by atoms with E-state index in [4.69, 9.17) is 29.3 Å². The lowest BCUT2D eigenvalue weighted by atomic mass is 10.3. The number of nitrogens with two attached hydrogens (primary N) is 2. The number of ether oxygens (including phenoxy) is 2. The molecule has 32 heavy (non-hydrogen) atoms. The van der Waals surface area contributed by atoms with E-state index in [-0.39, 0.29) is 0 Å². The van der Waals surface area contributed by atoms with Crippen LogP contribution in [0.5, 0.6) is 34.5 Å². The molecule has 0 fully saturated rings. The number of hydrogen-bond acceptors (Lipinski definition) is 7. The van der Waals surface area contributed by atoms with Crippen LogP contribution in [0.4, 0.5) is 11.4 Å². The van der Waals surface area contributed by atoms with Crippen LogP contribution in [0.1, 0.15) is 0 Å². The van der Waals surface area contributed by atoms with Gasteiger partial charge in [0.05, 0.1) is 0 Å². The van der Waals surface area contributed by atoms with Crippen LogP contribution in [0.25, 0.3) is 0 Å². The average Bonchev–Trinajstić information content (AvgIpc) is 2.77. The Labute approximate surface area is 188 Å². The Morgan fingerprint density at radius 1 is 0.500 bits per heavy atom. The van der Waals surface area contributed by atoms with Crippen molar-refractivity contribution in [2.45, 2.75) is 0 Å². The molecule has 0 saturated carbocycles. The van der Waals surface area contributed by atoms with Crippen LogP contribution in [0.3, 0.4) is 0 Å². The molecule has 4 aromatic carbocycles. The summed E-state index contributed by atoms with van der Waals surface area (Å²) in [5.41, 5.74) is 12.7. The van der Waals surface area contributed by atoms with Gasteiger partial charge in [-0.3, -0.25) is 0 Å². The van der Waals surface area contributed by atoms with Gasteiger partial charge in [0.25, 0.3) is 0 Å². The fourth-order valence-corrected chi connectivity index (χ4v) is 3.30. The first kappa shape index (κ1) is 21.1. The Kier molecular flexibility index (Phi) is 6.43. The second-order valence-corrected chi connectivity index (χ2v) is 7.40. The molecule has 0 amide bonds. The molecule has 0 aliphatic heterocycles. The fraction of sp³-hybridized carbons (Fsp3) is 0. The molecule has 0 unspecified atom stereocenters. The van der Waals surface area contributed by atoms with Gasteiger partial charge in [0.2, 0.25) is 0 Å². The Balaban J connectivity index is 1.30. The average molecular weight is 449 g/mol. The Bertz CT molecular complexity index is 1120. The number of nitrogen functional groups attached to an aromatic ring is 2. The third-order valence-electron chi connectivity index (χ3n) is 4.16. The zero-order valence-electron chi connectivity index (χ0n) is 16.8. The minimum Gasteiger partial charge on any atom is -0.457 e. The predicted octanol–water partition coefficient (Wildman–Crippen LogP) is 5.47. The molecule has 0 heterocycles. The lowest BCUT2D eigenvalue weighted by Crippen LogP contribution is -2.07. The topological polar surface area (TPSA) is 106 Å². The number of hydrogen-bond donors (Lipinski definition) is 2. The molecular formula is C24H20N2O5S. The smallest absolute Gasteiger partial charge is 0.417 e. The van der Waals surface area contributed by atoms with Gasteiger partial charge in [-0.2, -0.15) is 4.21 Å². The van der Waals surface area contributed by atoms with Crippen molar-refractivity contribution in [2.24, 2.45) is 0 Å². The molecule has 4 N–H and O–H groups in total. The van der Waals surface area contributed by atoms with Gasteiger partial charge >= 0.3 is 11.4 Å². The van der Waals surface area contributed by atoms with Gasteiger partial charge in [-0.15, -0.1) is 0 Å². The van der Waals surface area contributed by atoms with E-state index in [1.165, 1.54) is 0 Å². The van der Waals surface area contributed by atoms with Gasteiger partial charge in [-0.25, -0.2) is 0 Å². The summed E-state index contributed by atoms with van der Waals surface area (Å²) in [6.07, 6.45) is 0. The fourth-order valence-electron chi connectivity index (χ4n) is 2.73. The summed E-state index contributed by atoms with van der Waals surface area (Å²) in [7, 11) is 0. The molecule has 0 saturated heterocycles. The molecule has 7 nitrogen and oxygen atoms in total. The SMILES string of the molecule is Nc1cccc(Oc2ccc(OS(=O)Oc3ccc(Oc4cccc(N)c4)cc3)cc2)c1. The number of rotatable bonds is 8. The quantitative estimate of drug-likeness (QED) is 0.344. The van der Waals surface area contributed by atoms with Crippen molar-refractivity contribution in [3.05, 3.63) is 97.1 Å². The normalized spacial score (nSPS) is 10.5. The second-order valence-electron chi connectivity index (χ2n) is 6.66. The molecule has 0 radical (unpaired) electrons. The molecule has 0 spiro atoms. The summed E-state index contributed by atoms with van der Waals surface area (Å²) in [6.45, 7) is 0. The van der Waals surface area contributed by atoms with Gasteiger partial charge in [-0.05, 0) is 72.8 Å². The van der Waals surface area contributed by atoms with E-state index in [1.54, 1.807) is 97.1 Å². The molecule has 0 aliphatic rings. The zero-order chi connectivity index (χ0) is 22.3. The number of anilines is 2. The monoisotopic (exact) mass is 448 g/mol. The second kappa shape index (κ2) is 9.76. The lowest BCUT2D eigenvalue weighted by Gasteiger charge is -2.09. The molecule has 4 aromatic rings. The minimum absolute atomic E-state index is 0.366. The van der Waals surface area contributed by atoms with E-state index in [9.17, 15) is 4.21 Å². The molecule has 0 atom stereocenters. The highest BCUT2D eigenvalue weighted by Gasteiger charge is 2.08. The van der Waals surface area contributed by atoms with Gasteiger partial charge in [0, 0.05) is 23.5 Å². The predicted molar refractivity (Wildman–Crippen MR) is 124 cm³/mol. The van der Waals surface area contributed by atoms with Crippen molar-refractivity contribution >= 4 is 22.7 Å². The van der Waals surface area contributed by atoms with E-state index < -0.39 is 11.4 Å². The zero-order valence-corrected chi connectivity index (χ0v) is 17.7. The third-order valence-corrected chi connectivity index (χ3v) is 4.82. The van der Waals surface area contributed by atoms with E-state index in [1.807, 2.05) is 0 Å². The summed E-state index contributed by atoms with van der Waals surface area (Å²) < 4.78 is 34.2. The first-order valence-corrected chi connectivity index (χ1v) is 10.6.